The van der Waals surface area contributed by atoms with Crippen LogP contribution in [0.15, 0.2) is 0 Å². The lowest BCUT2D eigenvalue weighted by Gasteiger charge is -2.25. The van der Waals surface area contributed by atoms with Gasteiger partial charge in [0.2, 0.25) is 0 Å². The van der Waals surface area contributed by atoms with Gasteiger partial charge in [0.25, 0.3) is 15.6 Å². The molecule has 0 aliphatic rings. The fraction of sp³-hybridized carbons (Fsp3) is 1.00. The minimum atomic E-state index is -4.45. The second kappa shape index (κ2) is 21.7. The number of unbranched alkanes of at least 4 members (excludes halogenated alkanes) is 14. The number of hydrogen-bond acceptors (Lipinski definition) is 8. The minimum Gasteiger partial charge on any atom is -0.756 e. The Hall–Kier alpha value is 0.220. The molecule has 2 unspecified atom stereocenters. The van der Waals surface area contributed by atoms with E-state index >= 15 is 0 Å². The van der Waals surface area contributed by atoms with Crippen molar-refractivity contribution >= 4 is 15.6 Å². The van der Waals surface area contributed by atoms with E-state index in [4.69, 9.17) is 9.05 Å². The SMILES string of the molecule is CCCCCCCCCCOP(=O)([O-])OCCOP(=O)([O-])OCCCCCCCCCC. The minimum absolute atomic E-state index is 0.0678. The van der Waals surface area contributed by atoms with Crippen LogP contribution in [0.2, 0.25) is 0 Å². The van der Waals surface area contributed by atoms with Crippen LogP contribution in [0.25, 0.3) is 0 Å². The predicted octanol–water partition coefficient (Wildman–Crippen LogP) is 6.27. The van der Waals surface area contributed by atoms with Gasteiger partial charge in [0, 0.05) is 0 Å². The summed E-state index contributed by atoms with van der Waals surface area (Å²) in [4.78, 5) is 23.3. The molecule has 0 saturated heterocycles. The first-order valence-electron chi connectivity index (χ1n) is 12.5. The summed E-state index contributed by atoms with van der Waals surface area (Å²) in [5.74, 6) is 0. The van der Waals surface area contributed by atoms with Crippen LogP contribution in [-0.2, 0) is 27.2 Å². The van der Waals surface area contributed by atoms with Gasteiger partial charge < -0.3 is 27.9 Å². The number of hydrogen-bond donors (Lipinski definition) is 0. The Morgan fingerprint density at radius 1 is 0.438 bits per heavy atom. The molecule has 10 heteroatoms. The second-order valence-corrected chi connectivity index (χ2v) is 11.0. The average Bonchev–Trinajstić information content (AvgIpc) is 2.74. The molecule has 194 valence electrons. The maximum absolute atomic E-state index is 11.7. The molecule has 0 N–H and O–H groups in total. The number of phosphoric ester groups is 2. The van der Waals surface area contributed by atoms with Crippen molar-refractivity contribution in [3.63, 3.8) is 0 Å². The normalized spacial score (nSPS) is 15.5. The highest BCUT2D eigenvalue weighted by atomic mass is 31.2. The summed E-state index contributed by atoms with van der Waals surface area (Å²) >= 11 is 0. The Bertz CT molecular complexity index is 460. The van der Waals surface area contributed by atoms with Gasteiger partial charge in [-0.15, -0.1) is 0 Å². The van der Waals surface area contributed by atoms with Crippen molar-refractivity contribution in [1.82, 2.24) is 0 Å². The summed E-state index contributed by atoms with van der Waals surface area (Å²) in [6.07, 6.45) is 17.4. The molecule has 0 heterocycles. The van der Waals surface area contributed by atoms with Crippen LogP contribution < -0.4 is 9.79 Å². The van der Waals surface area contributed by atoms with E-state index in [2.05, 4.69) is 22.9 Å². The summed E-state index contributed by atoms with van der Waals surface area (Å²) in [7, 11) is -8.90. The van der Waals surface area contributed by atoms with Gasteiger partial charge in [-0.3, -0.25) is 9.13 Å². The van der Waals surface area contributed by atoms with Crippen LogP contribution in [0, 0.1) is 0 Å². The second-order valence-electron chi connectivity index (χ2n) is 8.18. The Balaban J connectivity index is 3.62. The van der Waals surface area contributed by atoms with E-state index < -0.39 is 28.9 Å². The molecule has 8 nitrogen and oxygen atoms in total. The first-order valence-corrected chi connectivity index (χ1v) is 15.5. The fourth-order valence-electron chi connectivity index (χ4n) is 3.20. The Morgan fingerprint density at radius 3 is 1.00 bits per heavy atom. The molecular weight excluding hydrogens is 454 g/mol. The first-order chi connectivity index (χ1) is 15.3. The smallest absolute Gasteiger partial charge is 0.267 e. The third kappa shape index (κ3) is 23.4. The Kier molecular flexibility index (Phi) is 21.9. The van der Waals surface area contributed by atoms with Crippen LogP contribution in [0.1, 0.15) is 117 Å². The zero-order chi connectivity index (χ0) is 24.0. The highest BCUT2D eigenvalue weighted by Crippen LogP contribution is 2.41. The van der Waals surface area contributed by atoms with Gasteiger partial charge in [-0.25, -0.2) is 0 Å². The highest BCUT2D eigenvalue weighted by molar-refractivity contribution is 7.46. The van der Waals surface area contributed by atoms with Gasteiger partial charge in [0.1, 0.15) is 0 Å². The monoisotopic (exact) mass is 500 g/mol. The van der Waals surface area contributed by atoms with E-state index in [0.717, 1.165) is 38.5 Å². The first kappa shape index (κ1) is 32.2. The largest absolute Gasteiger partial charge is 0.756 e. The van der Waals surface area contributed by atoms with Gasteiger partial charge in [0.05, 0.1) is 26.4 Å². The van der Waals surface area contributed by atoms with E-state index in [-0.39, 0.29) is 13.2 Å². The number of phosphoric acid groups is 2. The van der Waals surface area contributed by atoms with Crippen LogP contribution in [-0.4, -0.2) is 26.4 Å². The van der Waals surface area contributed by atoms with Crippen molar-refractivity contribution < 1.29 is 37.0 Å². The molecular formula is C22H46O8P2-2. The standard InChI is InChI=1S/C22H48O8P2/c1-3-5-7-9-11-13-15-17-19-27-31(23,24)29-21-22-30-32(25,26)28-20-18-16-14-12-10-8-6-4-2/h3-22H2,1-2H3,(H,23,24)(H,25,26)/p-2. The van der Waals surface area contributed by atoms with Crippen LogP contribution in [0.5, 0.6) is 0 Å². The van der Waals surface area contributed by atoms with Gasteiger partial charge in [-0.05, 0) is 12.8 Å². The molecule has 0 bridgehead atoms. The Morgan fingerprint density at radius 2 is 0.688 bits per heavy atom. The summed E-state index contributed by atoms with van der Waals surface area (Å²) in [5, 5.41) is 0. The lowest BCUT2D eigenvalue weighted by molar-refractivity contribution is -0.233. The van der Waals surface area contributed by atoms with E-state index in [9.17, 15) is 18.9 Å². The third-order valence-corrected chi connectivity index (χ3v) is 7.07. The molecule has 0 saturated carbocycles. The zero-order valence-corrected chi connectivity index (χ0v) is 22.1. The summed E-state index contributed by atoms with van der Waals surface area (Å²) < 4.78 is 42.2. The predicted molar refractivity (Wildman–Crippen MR) is 124 cm³/mol. The van der Waals surface area contributed by atoms with Gasteiger partial charge >= 0.3 is 0 Å². The topological polar surface area (TPSA) is 117 Å². The molecule has 32 heavy (non-hydrogen) atoms. The van der Waals surface area contributed by atoms with E-state index in [1.165, 1.54) is 51.4 Å². The lowest BCUT2D eigenvalue weighted by Crippen LogP contribution is -2.15. The molecule has 0 fully saturated rings. The molecule has 0 aromatic rings. The van der Waals surface area contributed by atoms with E-state index in [1.54, 1.807) is 0 Å². The molecule has 0 radical (unpaired) electrons. The van der Waals surface area contributed by atoms with Crippen molar-refractivity contribution in [2.75, 3.05) is 26.4 Å². The zero-order valence-electron chi connectivity index (χ0n) is 20.3. The molecule has 0 amide bonds. The summed E-state index contributed by atoms with van der Waals surface area (Å²) in [6.45, 7) is 3.62. The third-order valence-electron chi connectivity index (χ3n) is 5.08. The fourth-order valence-corrected chi connectivity index (χ4v) is 4.65. The molecule has 0 spiro atoms. The van der Waals surface area contributed by atoms with Crippen molar-refractivity contribution in [3.05, 3.63) is 0 Å². The van der Waals surface area contributed by atoms with Gasteiger partial charge in [0.15, 0.2) is 0 Å². The Labute approximate surface area is 196 Å². The summed E-state index contributed by atoms with van der Waals surface area (Å²) in [6, 6.07) is 0. The molecule has 2 atom stereocenters. The van der Waals surface area contributed by atoms with E-state index in [1.807, 2.05) is 0 Å². The van der Waals surface area contributed by atoms with Gasteiger partial charge in [-0.1, -0.05) is 104 Å². The molecule has 0 aromatic carbocycles. The van der Waals surface area contributed by atoms with Crippen molar-refractivity contribution in [2.24, 2.45) is 0 Å². The maximum atomic E-state index is 11.7. The molecule has 0 aliphatic carbocycles. The quantitative estimate of drug-likeness (QED) is 0.106. The van der Waals surface area contributed by atoms with Crippen molar-refractivity contribution in [2.45, 2.75) is 117 Å². The highest BCUT2D eigenvalue weighted by Gasteiger charge is 2.12. The van der Waals surface area contributed by atoms with Crippen LogP contribution in [0.4, 0.5) is 0 Å². The van der Waals surface area contributed by atoms with Crippen molar-refractivity contribution in [1.29, 1.82) is 0 Å². The van der Waals surface area contributed by atoms with Crippen LogP contribution in [0.3, 0.4) is 0 Å². The maximum Gasteiger partial charge on any atom is 0.267 e. The lowest BCUT2D eigenvalue weighted by atomic mass is 10.1. The molecule has 0 rings (SSSR count). The number of rotatable bonds is 25. The molecule has 0 aliphatic heterocycles. The van der Waals surface area contributed by atoms with Crippen molar-refractivity contribution in [3.8, 4) is 0 Å². The van der Waals surface area contributed by atoms with Crippen LogP contribution >= 0.6 is 15.6 Å². The van der Waals surface area contributed by atoms with E-state index in [0.29, 0.717) is 12.8 Å². The summed E-state index contributed by atoms with van der Waals surface area (Å²) in [5.41, 5.74) is 0. The molecule has 0 aromatic heterocycles. The average molecular weight is 501 g/mol. The van der Waals surface area contributed by atoms with Gasteiger partial charge in [-0.2, -0.15) is 0 Å².